The van der Waals surface area contributed by atoms with Crippen molar-refractivity contribution in [2.24, 2.45) is 0 Å². The molecule has 0 aromatic heterocycles. The van der Waals surface area contributed by atoms with Gasteiger partial charge in [-0.1, -0.05) is 24.3 Å². The maximum Gasteiger partial charge on any atom is 0.347 e. The summed E-state index contributed by atoms with van der Waals surface area (Å²) in [7, 11) is 0. The first-order chi connectivity index (χ1) is 12.0. The molecule has 0 aliphatic carbocycles. The van der Waals surface area contributed by atoms with Gasteiger partial charge in [0.15, 0.2) is 0 Å². The van der Waals surface area contributed by atoms with Crippen molar-refractivity contribution < 1.29 is 23.9 Å². The number of ether oxygens (including phenoxy) is 2. The topological polar surface area (TPSA) is 69.7 Å². The van der Waals surface area contributed by atoms with Gasteiger partial charge >= 0.3 is 17.9 Å². The van der Waals surface area contributed by atoms with Gasteiger partial charge in [0, 0.05) is 11.8 Å². The molecule has 5 nitrogen and oxygen atoms in total. The molecule has 1 aliphatic heterocycles. The van der Waals surface area contributed by atoms with Gasteiger partial charge in [-0.15, -0.1) is 11.8 Å². The predicted octanol–water partition coefficient (Wildman–Crippen LogP) is 3.33. The Balaban J connectivity index is 2.05. The van der Waals surface area contributed by atoms with E-state index in [1.165, 1.54) is 6.92 Å². The average molecular weight is 354 g/mol. The van der Waals surface area contributed by atoms with Crippen molar-refractivity contribution in [1.29, 1.82) is 0 Å². The van der Waals surface area contributed by atoms with E-state index in [0.717, 1.165) is 4.90 Å². The molecule has 0 radical (unpaired) electrons. The van der Waals surface area contributed by atoms with Gasteiger partial charge in [-0.2, -0.15) is 0 Å². The highest BCUT2D eigenvalue weighted by molar-refractivity contribution is 7.98. The van der Waals surface area contributed by atoms with Crippen molar-refractivity contribution in [1.82, 2.24) is 0 Å². The summed E-state index contributed by atoms with van der Waals surface area (Å²) in [5.41, 5.74) is 1.58. The highest BCUT2D eigenvalue weighted by atomic mass is 32.2. The largest absolute Gasteiger partial charge is 0.427 e. The van der Waals surface area contributed by atoms with E-state index in [4.69, 9.17) is 9.47 Å². The number of benzene rings is 2. The Morgan fingerprint density at radius 1 is 0.880 bits per heavy atom. The Kier molecular flexibility index (Phi) is 4.72. The number of thioether (sulfide) groups is 1. The molecule has 1 heterocycles. The van der Waals surface area contributed by atoms with Gasteiger partial charge in [0.1, 0.15) is 5.75 Å². The maximum atomic E-state index is 12.2. The molecule has 0 atom stereocenters. The summed E-state index contributed by atoms with van der Waals surface area (Å²) in [5.74, 6) is -1.42. The Morgan fingerprint density at radius 3 is 1.80 bits per heavy atom. The molecule has 6 heteroatoms. The van der Waals surface area contributed by atoms with Crippen LogP contribution in [0.1, 0.15) is 18.1 Å². The molecule has 0 saturated carbocycles. The zero-order chi connectivity index (χ0) is 18.0. The average Bonchev–Trinajstić information content (AvgIpc) is 2.89. The maximum absolute atomic E-state index is 12.2. The molecule has 2 aromatic rings. The van der Waals surface area contributed by atoms with Crippen molar-refractivity contribution in [3.63, 3.8) is 0 Å². The van der Waals surface area contributed by atoms with Gasteiger partial charge in [-0.05, 0) is 41.6 Å². The van der Waals surface area contributed by atoms with Gasteiger partial charge in [0.2, 0.25) is 0 Å². The van der Waals surface area contributed by atoms with Crippen molar-refractivity contribution >= 4 is 40.8 Å². The SMILES string of the molecule is CSc1ccc(C2=C(c3ccc(OC(C)=O)cc3)C(=O)OC2=O)cc1. The van der Waals surface area contributed by atoms with Crippen molar-refractivity contribution in [2.75, 3.05) is 6.26 Å². The van der Waals surface area contributed by atoms with Crippen LogP contribution in [0, 0.1) is 0 Å². The van der Waals surface area contributed by atoms with E-state index >= 15 is 0 Å². The summed E-state index contributed by atoms with van der Waals surface area (Å²) in [5, 5.41) is 0. The number of hydrogen-bond donors (Lipinski definition) is 0. The third kappa shape index (κ3) is 3.49. The molecule has 25 heavy (non-hydrogen) atoms. The molecule has 126 valence electrons. The van der Waals surface area contributed by atoms with E-state index in [9.17, 15) is 14.4 Å². The molecule has 0 unspecified atom stereocenters. The smallest absolute Gasteiger partial charge is 0.347 e. The molecule has 0 saturated heterocycles. The minimum Gasteiger partial charge on any atom is -0.427 e. The molecule has 0 bridgehead atoms. The first-order valence-electron chi connectivity index (χ1n) is 7.43. The van der Waals surface area contributed by atoms with E-state index in [-0.39, 0.29) is 11.1 Å². The van der Waals surface area contributed by atoms with E-state index in [1.807, 2.05) is 18.4 Å². The van der Waals surface area contributed by atoms with Crippen LogP contribution in [0.3, 0.4) is 0 Å². The summed E-state index contributed by atoms with van der Waals surface area (Å²) in [6.45, 7) is 1.31. The number of carbonyl (C=O) groups excluding carboxylic acids is 3. The van der Waals surface area contributed by atoms with Crippen LogP contribution in [0.5, 0.6) is 5.75 Å². The van der Waals surface area contributed by atoms with Crippen LogP contribution in [0.2, 0.25) is 0 Å². The molecular formula is C19H14O5S. The summed E-state index contributed by atoms with van der Waals surface area (Å²) in [6, 6.07) is 13.7. The van der Waals surface area contributed by atoms with Crippen molar-refractivity contribution in [3.8, 4) is 5.75 Å². The lowest BCUT2D eigenvalue weighted by Gasteiger charge is -2.06. The second kappa shape index (κ2) is 6.94. The minimum atomic E-state index is -0.686. The Bertz CT molecular complexity index is 879. The molecule has 2 aromatic carbocycles. The van der Waals surface area contributed by atoms with Crippen LogP contribution in [0.15, 0.2) is 53.4 Å². The molecule has 0 spiro atoms. The summed E-state index contributed by atoms with van der Waals surface area (Å²) in [6.07, 6.45) is 1.96. The van der Waals surface area contributed by atoms with Crippen LogP contribution >= 0.6 is 11.8 Å². The molecule has 3 rings (SSSR count). The Morgan fingerprint density at radius 2 is 1.36 bits per heavy atom. The lowest BCUT2D eigenvalue weighted by molar-refractivity contribution is -0.149. The third-order valence-electron chi connectivity index (χ3n) is 3.63. The fraction of sp³-hybridized carbons (Fsp3) is 0.105. The zero-order valence-corrected chi connectivity index (χ0v) is 14.4. The summed E-state index contributed by atoms with van der Waals surface area (Å²) in [4.78, 5) is 36.4. The number of rotatable bonds is 4. The van der Waals surface area contributed by atoms with Crippen LogP contribution in [-0.2, 0) is 19.1 Å². The lowest BCUT2D eigenvalue weighted by Crippen LogP contribution is -2.02. The van der Waals surface area contributed by atoms with E-state index in [2.05, 4.69) is 0 Å². The van der Waals surface area contributed by atoms with Gasteiger partial charge < -0.3 is 9.47 Å². The fourth-order valence-corrected chi connectivity index (χ4v) is 2.94. The van der Waals surface area contributed by atoms with Crippen LogP contribution in [-0.4, -0.2) is 24.2 Å². The standard InChI is InChI=1S/C19H14O5S/c1-11(20)23-14-7-3-12(4-8-14)16-17(19(22)24-18(16)21)13-5-9-15(25-2)10-6-13/h3-10H,1-2H3. The number of esters is 3. The number of carbonyl (C=O) groups is 3. The summed E-state index contributed by atoms with van der Waals surface area (Å²) >= 11 is 1.58. The third-order valence-corrected chi connectivity index (χ3v) is 4.37. The van der Waals surface area contributed by atoms with Gasteiger partial charge in [-0.3, -0.25) is 4.79 Å². The molecule has 0 fully saturated rings. The second-order valence-electron chi connectivity index (χ2n) is 5.27. The Hall–Kier alpha value is -2.86. The minimum absolute atomic E-state index is 0.205. The number of cyclic esters (lactones) is 2. The van der Waals surface area contributed by atoms with E-state index in [1.54, 1.807) is 48.2 Å². The normalized spacial score (nSPS) is 13.8. The van der Waals surface area contributed by atoms with Crippen LogP contribution in [0.4, 0.5) is 0 Å². The van der Waals surface area contributed by atoms with Crippen LogP contribution < -0.4 is 4.74 Å². The quantitative estimate of drug-likeness (QED) is 0.363. The fourth-order valence-electron chi connectivity index (χ4n) is 2.53. The highest BCUT2D eigenvalue weighted by Crippen LogP contribution is 2.35. The van der Waals surface area contributed by atoms with Crippen molar-refractivity contribution in [3.05, 3.63) is 59.7 Å². The van der Waals surface area contributed by atoms with Gasteiger partial charge in [-0.25, -0.2) is 9.59 Å². The zero-order valence-electron chi connectivity index (χ0n) is 13.6. The first kappa shape index (κ1) is 17.0. The Labute approximate surface area is 148 Å². The van der Waals surface area contributed by atoms with E-state index < -0.39 is 17.9 Å². The van der Waals surface area contributed by atoms with Crippen molar-refractivity contribution in [2.45, 2.75) is 11.8 Å². The van der Waals surface area contributed by atoms with Gasteiger partial charge in [0.25, 0.3) is 0 Å². The lowest BCUT2D eigenvalue weighted by atomic mass is 9.96. The first-order valence-corrected chi connectivity index (χ1v) is 8.66. The molecule has 0 amide bonds. The highest BCUT2D eigenvalue weighted by Gasteiger charge is 2.34. The number of hydrogen-bond acceptors (Lipinski definition) is 6. The van der Waals surface area contributed by atoms with E-state index in [0.29, 0.717) is 16.9 Å². The predicted molar refractivity (Wildman–Crippen MR) is 93.9 cm³/mol. The monoisotopic (exact) mass is 354 g/mol. The second-order valence-corrected chi connectivity index (χ2v) is 6.15. The summed E-state index contributed by atoms with van der Waals surface area (Å²) < 4.78 is 9.78. The molecule has 1 aliphatic rings. The van der Waals surface area contributed by atoms with Crippen LogP contribution in [0.25, 0.3) is 11.1 Å². The van der Waals surface area contributed by atoms with Gasteiger partial charge in [0.05, 0.1) is 11.1 Å². The molecule has 0 N–H and O–H groups in total. The molecular weight excluding hydrogens is 340 g/mol.